The lowest BCUT2D eigenvalue weighted by Crippen LogP contribution is -2.45. The molecule has 2 rings (SSSR count). The van der Waals surface area contributed by atoms with Crippen LogP contribution in [0.25, 0.3) is 0 Å². The smallest absolute Gasteiger partial charge is 0.326 e. The summed E-state index contributed by atoms with van der Waals surface area (Å²) in [5.74, 6) is 4.18. The van der Waals surface area contributed by atoms with Crippen LogP contribution < -0.4 is 0 Å². The fourth-order valence-electron chi connectivity index (χ4n) is 3.14. The van der Waals surface area contributed by atoms with Crippen LogP contribution in [0.1, 0.15) is 39.0 Å². The lowest BCUT2D eigenvalue weighted by atomic mass is 9.85. The first kappa shape index (κ1) is 12.0. The number of aliphatic carboxylic acids is 1. The molecule has 4 heteroatoms. The highest BCUT2D eigenvalue weighted by Crippen LogP contribution is 2.39. The molecule has 1 amide bonds. The minimum atomic E-state index is -0.898. The van der Waals surface area contributed by atoms with E-state index < -0.39 is 12.0 Å². The van der Waals surface area contributed by atoms with Gasteiger partial charge in [0, 0.05) is 6.04 Å². The molecule has 0 spiro atoms. The molecule has 0 bridgehead atoms. The number of amides is 1. The van der Waals surface area contributed by atoms with E-state index in [-0.39, 0.29) is 11.9 Å². The average Bonchev–Trinajstić information content (AvgIpc) is 2.68. The van der Waals surface area contributed by atoms with Gasteiger partial charge in [-0.1, -0.05) is 18.8 Å². The Morgan fingerprint density at radius 1 is 1.29 bits per heavy atom. The number of hydrogen-bond acceptors (Lipinski definition) is 2. The van der Waals surface area contributed by atoms with Crippen molar-refractivity contribution in [3.8, 4) is 11.8 Å². The van der Waals surface area contributed by atoms with Gasteiger partial charge in [0.05, 0.1) is 0 Å². The Morgan fingerprint density at radius 2 is 2.00 bits per heavy atom. The Hall–Kier alpha value is -1.50. The normalized spacial score (nSPS) is 31.4. The third kappa shape index (κ3) is 2.14. The molecule has 1 aliphatic carbocycles. The molecular weight excluding hydrogens is 218 g/mol. The van der Waals surface area contributed by atoms with Crippen LogP contribution in [-0.2, 0) is 9.59 Å². The zero-order valence-corrected chi connectivity index (χ0v) is 9.98. The van der Waals surface area contributed by atoms with Crippen LogP contribution in [0.15, 0.2) is 0 Å². The molecule has 0 aromatic heterocycles. The Balaban J connectivity index is 2.25. The second kappa shape index (κ2) is 4.79. The number of carbonyl (C=O) groups excluding carboxylic acids is 1. The molecule has 17 heavy (non-hydrogen) atoms. The maximum absolute atomic E-state index is 11.9. The van der Waals surface area contributed by atoms with Crippen LogP contribution in [0, 0.1) is 17.8 Å². The maximum atomic E-state index is 11.9. The van der Waals surface area contributed by atoms with Crippen molar-refractivity contribution in [2.75, 3.05) is 0 Å². The summed E-state index contributed by atoms with van der Waals surface area (Å²) in [6.45, 7) is 1.60. The standard InChI is InChI=1S/C13H17NO3/c1-2-5-12(15)14-10-7-4-3-6-9(10)8-11(14)13(16)17/h9-11H,3-4,6-8H2,1H3,(H,16,17). The van der Waals surface area contributed by atoms with Crippen LogP contribution in [0.2, 0.25) is 0 Å². The summed E-state index contributed by atoms with van der Waals surface area (Å²) in [5.41, 5.74) is 0. The van der Waals surface area contributed by atoms with Crippen molar-refractivity contribution in [3.63, 3.8) is 0 Å². The Bertz CT molecular complexity index is 393. The van der Waals surface area contributed by atoms with Gasteiger partial charge in [-0.3, -0.25) is 4.79 Å². The molecule has 92 valence electrons. The molecule has 1 saturated carbocycles. The van der Waals surface area contributed by atoms with Crippen LogP contribution in [0.5, 0.6) is 0 Å². The minimum Gasteiger partial charge on any atom is -0.480 e. The highest BCUT2D eigenvalue weighted by Gasteiger charge is 2.47. The van der Waals surface area contributed by atoms with Gasteiger partial charge in [0.25, 0.3) is 5.91 Å². The molecule has 0 radical (unpaired) electrons. The third-order valence-electron chi connectivity index (χ3n) is 3.84. The highest BCUT2D eigenvalue weighted by molar-refractivity contribution is 5.96. The lowest BCUT2D eigenvalue weighted by molar-refractivity contribution is -0.147. The Kier molecular flexibility index (Phi) is 3.37. The quantitative estimate of drug-likeness (QED) is 0.696. The molecule has 2 aliphatic rings. The van der Waals surface area contributed by atoms with Gasteiger partial charge >= 0.3 is 5.97 Å². The van der Waals surface area contributed by atoms with Crippen molar-refractivity contribution in [1.82, 2.24) is 4.90 Å². The van der Waals surface area contributed by atoms with Gasteiger partial charge in [0.15, 0.2) is 0 Å². The maximum Gasteiger partial charge on any atom is 0.326 e. The fourth-order valence-corrected chi connectivity index (χ4v) is 3.14. The van der Waals surface area contributed by atoms with E-state index in [0.29, 0.717) is 12.3 Å². The van der Waals surface area contributed by atoms with E-state index in [1.54, 1.807) is 6.92 Å². The van der Waals surface area contributed by atoms with Gasteiger partial charge in [0.1, 0.15) is 6.04 Å². The van der Waals surface area contributed by atoms with Gasteiger partial charge in [-0.15, -0.1) is 0 Å². The molecule has 0 aromatic rings. The number of carboxylic acids is 1. The van der Waals surface area contributed by atoms with E-state index in [1.165, 1.54) is 4.90 Å². The predicted octanol–water partition coefficient (Wildman–Crippen LogP) is 1.25. The van der Waals surface area contributed by atoms with E-state index in [1.807, 2.05) is 0 Å². The van der Waals surface area contributed by atoms with E-state index >= 15 is 0 Å². The Morgan fingerprint density at radius 3 is 2.65 bits per heavy atom. The van der Waals surface area contributed by atoms with E-state index in [0.717, 1.165) is 25.7 Å². The van der Waals surface area contributed by atoms with Gasteiger partial charge < -0.3 is 10.0 Å². The molecule has 0 aromatic carbocycles. The summed E-state index contributed by atoms with van der Waals surface area (Å²) in [4.78, 5) is 24.6. The first-order chi connectivity index (χ1) is 8.15. The summed E-state index contributed by atoms with van der Waals surface area (Å²) >= 11 is 0. The topological polar surface area (TPSA) is 57.6 Å². The first-order valence-electron chi connectivity index (χ1n) is 6.13. The summed E-state index contributed by atoms with van der Waals surface area (Å²) < 4.78 is 0. The number of fused-ring (bicyclic) bond motifs is 1. The zero-order chi connectivity index (χ0) is 12.4. The van der Waals surface area contributed by atoms with Gasteiger partial charge in [0.2, 0.25) is 0 Å². The molecule has 1 N–H and O–H groups in total. The first-order valence-corrected chi connectivity index (χ1v) is 6.13. The predicted molar refractivity (Wildman–Crippen MR) is 62.1 cm³/mol. The van der Waals surface area contributed by atoms with Crippen LogP contribution in [0.3, 0.4) is 0 Å². The van der Waals surface area contributed by atoms with Crippen molar-refractivity contribution in [1.29, 1.82) is 0 Å². The van der Waals surface area contributed by atoms with Crippen molar-refractivity contribution in [3.05, 3.63) is 0 Å². The third-order valence-corrected chi connectivity index (χ3v) is 3.84. The Labute approximate surface area is 101 Å². The SMILES string of the molecule is CC#CC(=O)N1C(C(=O)O)CC2CCCCC21. The van der Waals surface area contributed by atoms with Gasteiger partial charge in [-0.05, 0) is 38.0 Å². The molecule has 3 unspecified atom stereocenters. The highest BCUT2D eigenvalue weighted by atomic mass is 16.4. The molecule has 1 saturated heterocycles. The van der Waals surface area contributed by atoms with Crippen molar-refractivity contribution >= 4 is 11.9 Å². The number of hydrogen-bond donors (Lipinski definition) is 1. The second-order valence-electron chi connectivity index (χ2n) is 4.79. The largest absolute Gasteiger partial charge is 0.480 e. The van der Waals surface area contributed by atoms with Crippen LogP contribution in [0.4, 0.5) is 0 Å². The number of likely N-dealkylation sites (tertiary alicyclic amines) is 1. The summed E-state index contributed by atoms with van der Waals surface area (Å²) in [7, 11) is 0. The van der Waals surface area contributed by atoms with Crippen LogP contribution in [-0.4, -0.2) is 34.0 Å². The number of rotatable bonds is 1. The van der Waals surface area contributed by atoms with Crippen molar-refractivity contribution in [2.45, 2.75) is 51.1 Å². The van der Waals surface area contributed by atoms with E-state index in [2.05, 4.69) is 11.8 Å². The summed E-state index contributed by atoms with van der Waals surface area (Å²) in [6, 6.07) is -0.574. The average molecular weight is 235 g/mol. The van der Waals surface area contributed by atoms with Crippen LogP contribution >= 0.6 is 0 Å². The van der Waals surface area contributed by atoms with Gasteiger partial charge in [-0.2, -0.15) is 0 Å². The van der Waals surface area contributed by atoms with Crippen molar-refractivity contribution < 1.29 is 14.7 Å². The fraction of sp³-hybridized carbons (Fsp3) is 0.692. The van der Waals surface area contributed by atoms with Gasteiger partial charge in [-0.25, -0.2) is 4.79 Å². The van der Waals surface area contributed by atoms with E-state index in [9.17, 15) is 14.7 Å². The molecule has 4 nitrogen and oxygen atoms in total. The molecule has 2 fully saturated rings. The number of carbonyl (C=O) groups is 2. The second-order valence-corrected chi connectivity index (χ2v) is 4.79. The molecule has 1 heterocycles. The zero-order valence-electron chi connectivity index (χ0n) is 9.98. The van der Waals surface area contributed by atoms with E-state index in [4.69, 9.17) is 0 Å². The molecular formula is C13H17NO3. The minimum absolute atomic E-state index is 0.0956. The summed E-state index contributed by atoms with van der Waals surface area (Å²) in [6.07, 6.45) is 4.78. The monoisotopic (exact) mass is 235 g/mol. The molecule has 3 atom stereocenters. The number of carboxylic acid groups (broad SMARTS) is 1. The van der Waals surface area contributed by atoms with Crippen molar-refractivity contribution in [2.24, 2.45) is 5.92 Å². The lowest BCUT2D eigenvalue weighted by Gasteiger charge is -2.31. The summed E-state index contributed by atoms with van der Waals surface area (Å²) in [5, 5.41) is 9.21. The molecule has 1 aliphatic heterocycles. The number of nitrogens with zero attached hydrogens (tertiary/aromatic N) is 1.